The van der Waals surface area contributed by atoms with E-state index in [-0.39, 0.29) is 18.4 Å². The number of nitrogens with zero attached hydrogens (tertiary/aromatic N) is 2. The first-order chi connectivity index (χ1) is 14.0. The van der Waals surface area contributed by atoms with E-state index in [0.29, 0.717) is 17.9 Å². The van der Waals surface area contributed by atoms with Crippen molar-refractivity contribution in [3.63, 3.8) is 0 Å². The standard InChI is InChI=1S/C22H27N3O3S/c1-3-5-7-16-8-10-17(11-9-16)23-19(26)15-25-18-12-14-29-20(18)21(27)24(22(25)28)13-6-4-2/h8-12,14,20H,3-7,13,15H2,1-2H3/p+1. The molecule has 2 aliphatic heterocycles. The normalized spacial score (nSPS) is 18.4. The van der Waals surface area contributed by atoms with Gasteiger partial charge in [0.25, 0.3) is 5.91 Å². The van der Waals surface area contributed by atoms with Crippen molar-refractivity contribution >= 4 is 41.0 Å². The third-order valence-electron chi connectivity index (χ3n) is 5.08. The van der Waals surface area contributed by atoms with Crippen LogP contribution in [0.2, 0.25) is 0 Å². The minimum atomic E-state index is -0.435. The smallest absolute Gasteiger partial charge is 0.323 e. The summed E-state index contributed by atoms with van der Waals surface area (Å²) in [6.07, 6.45) is 6.71. The first-order valence-corrected chi connectivity index (χ1v) is 11.2. The van der Waals surface area contributed by atoms with Crippen molar-refractivity contribution in [2.45, 2.75) is 51.2 Å². The fourth-order valence-corrected chi connectivity index (χ4v) is 4.38. The number of fused-ring (bicyclic) bond motifs is 1. The number of hydrogen-bond donors (Lipinski definition) is 1. The molecule has 3 rings (SSSR count). The number of carbonyl (C=O) groups is 3. The lowest BCUT2D eigenvalue weighted by Gasteiger charge is -2.24. The molecule has 0 bridgehead atoms. The maximum absolute atomic E-state index is 12.9. The molecule has 1 unspecified atom stereocenters. The number of benzene rings is 1. The molecule has 4 amide bonds. The van der Waals surface area contributed by atoms with Gasteiger partial charge in [-0.15, -0.1) is 11.8 Å². The number of imide groups is 1. The Kier molecular flexibility index (Phi) is 7.25. The van der Waals surface area contributed by atoms with Crippen LogP contribution in [0.5, 0.6) is 0 Å². The van der Waals surface area contributed by atoms with Crippen LogP contribution in [-0.4, -0.2) is 51.4 Å². The maximum Gasteiger partial charge on any atom is 0.501 e. The number of rotatable bonds is 9. The Hall–Kier alpha value is -2.41. The minimum Gasteiger partial charge on any atom is -0.323 e. The van der Waals surface area contributed by atoms with Crippen molar-refractivity contribution in [3.05, 3.63) is 41.3 Å². The lowest BCUT2D eigenvalue weighted by atomic mass is 10.1. The number of unbranched alkanes of at least 4 members (excludes halogenated alkanes) is 2. The van der Waals surface area contributed by atoms with Gasteiger partial charge in [0.05, 0.1) is 6.54 Å². The van der Waals surface area contributed by atoms with Crippen LogP contribution in [0.1, 0.15) is 45.1 Å². The topological polar surface area (TPSA) is 69.5 Å². The molecule has 0 fully saturated rings. The average Bonchev–Trinajstić information content (AvgIpc) is 3.21. The van der Waals surface area contributed by atoms with Crippen LogP contribution in [0.4, 0.5) is 10.5 Å². The minimum absolute atomic E-state index is 0.108. The highest BCUT2D eigenvalue weighted by atomic mass is 32.2. The van der Waals surface area contributed by atoms with Gasteiger partial charge in [-0.2, -0.15) is 14.3 Å². The van der Waals surface area contributed by atoms with Crippen LogP contribution in [0.25, 0.3) is 0 Å². The molecule has 1 aromatic carbocycles. The van der Waals surface area contributed by atoms with E-state index < -0.39 is 11.3 Å². The highest BCUT2D eigenvalue weighted by Gasteiger charge is 2.49. The van der Waals surface area contributed by atoms with Gasteiger partial charge >= 0.3 is 11.9 Å². The zero-order chi connectivity index (χ0) is 20.8. The summed E-state index contributed by atoms with van der Waals surface area (Å²) in [7, 11) is 0. The van der Waals surface area contributed by atoms with Crippen LogP contribution in [-0.2, 0) is 16.0 Å². The van der Waals surface area contributed by atoms with Gasteiger partial charge in [0, 0.05) is 5.69 Å². The second-order valence-corrected chi connectivity index (χ2v) is 8.32. The Morgan fingerprint density at radius 1 is 1.14 bits per heavy atom. The Morgan fingerprint density at radius 2 is 1.86 bits per heavy atom. The SMILES string of the molecule is CCCCc1ccc(NC(=O)C[N+]2=C3C=CSC3C(=O)N(CCCC)C2=O)cc1. The molecule has 154 valence electrons. The molecule has 2 heterocycles. The Labute approximate surface area is 176 Å². The quantitative estimate of drug-likeness (QED) is 0.624. The number of amides is 4. The Balaban J connectivity index is 1.70. The summed E-state index contributed by atoms with van der Waals surface area (Å²) in [4.78, 5) is 39.5. The van der Waals surface area contributed by atoms with Gasteiger partial charge in [-0.1, -0.05) is 38.8 Å². The Morgan fingerprint density at radius 3 is 2.55 bits per heavy atom. The monoisotopic (exact) mass is 414 g/mol. The lowest BCUT2D eigenvalue weighted by Crippen LogP contribution is -2.56. The molecule has 6 nitrogen and oxygen atoms in total. The van der Waals surface area contributed by atoms with Gasteiger partial charge in [-0.25, -0.2) is 4.79 Å². The van der Waals surface area contributed by atoms with Crippen molar-refractivity contribution in [1.29, 1.82) is 0 Å². The van der Waals surface area contributed by atoms with Crippen molar-refractivity contribution in [2.75, 3.05) is 18.4 Å². The fourth-order valence-electron chi connectivity index (χ4n) is 3.41. The third kappa shape index (κ3) is 4.96. The summed E-state index contributed by atoms with van der Waals surface area (Å²) in [6.45, 7) is 4.45. The molecule has 0 aromatic heterocycles. The maximum atomic E-state index is 12.9. The molecule has 29 heavy (non-hydrogen) atoms. The van der Waals surface area contributed by atoms with E-state index >= 15 is 0 Å². The molecular weight excluding hydrogens is 386 g/mol. The van der Waals surface area contributed by atoms with Crippen LogP contribution >= 0.6 is 11.8 Å². The summed E-state index contributed by atoms with van der Waals surface area (Å²) in [5.41, 5.74) is 2.55. The van der Waals surface area contributed by atoms with Crippen LogP contribution in [0.3, 0.4) is 0 Å². The second kappa shape index (κ2) is 9.87. The van der Waals surface area contributed by atoms with Gasteiger partial charge in [0.1, 0.15) is 5.71 Å². The third-order valence-corrected chi connectivity index (χ3v) is 6.09. The number of thioether (sulfide) groups is 1. The number of carbonyl (C=O) groups excluding carboxylic acids is 3. The second-order valence-electron chi connectivity index (χ2n) is 7.30. The van der Waals surface area contributed by atoms with E-state index in [1.165, 1.54) is 26.8 Å². The molecule has 2 aliphatic rings. The summed E-state index contributed by atoms with van der Waals surface area (Å²) >= 11 is 1.38. The number of allylic oxidation sites excluding steroid dienone is 1. The van der Waals surface area contributed by atoms with Gasteiger partial charge in [-0.05, 0) is 48.4 Å². The molecule has 0 saturated carbocycles. The molecule has 0 aliphatic carbocycles. The highest BCUT2D eigenvalue weighted by Crippen LogP contribution is 2.28. The molecule has 1 N–H and O–H groups in total. The summed E-state index contributed by atoms with van der Waals surface area (Å²) in [6, 6.07) is 7.40. The zero-order valence-corrected chi connectivity index (χ0v) is 17.8. The fraction of sp³-hybridized carbons (Fsp3) is 0.455. The van der Waals surface area contributed by atoms with Gasteiger partial charge in [0.15, 0.2) is 11.8 Å². The first kappa shape index (κ1) is 21.3. The first-order valence-electron chi connectivity index (χ1n) is 10.3. The van der Waals surface area contributed by atoms with E-state index in [0.717, 1.165) is 32.1 Å². The molecule has 0 saturated heterocycles. The van der Waals surface area contributed by atoms with E-state index in [4.69, 9.17) is 0 Å². The molecule has 7 heteroatoms. The summed E-state index contributed by atoms with van der Waals surface area (Å²) < 4.78 is 1.43. The molecule has 0 radical (unpaired) electrons. The van der Waals surface area contributed by atoms with E-state index in [2.05, 4.69) is 12.2 Å². The number of aryl methyl sites for hydroxylation is 1. The molecular formula is C22H28N3O3S+. The van der Waals surface area contributed by atoms with Gasteiger partial charge in [0.2, 0.25) is 0 Å². The van der Waals surface area contributed by atoms with Crippen molar-refractivity contribution < 1.29 is 19.0 Å². The Bertz CT molecular complexity index is 845. The van der Waals surface area contributed by atoms with Crippen LogP contribution in [0, 0.1) is 0 Å². The number of urea groups is 1. The predicted octanol–water partition coefficient (Wildman–Crippen LogP) is 3.81. The van der Waals surface area contributed by atoms with Gasteiger partial charge in [-0.3, -0.25) is 4.79 Å². The summed E-state index contributed by atoms with van der Waals surface area (Å²) in [5, 5.41) is 4.24. The van der Waals surface area contributed by atoms with Crippen LogP contribution < -0.4 is 5.32 Å². The van der Waals surface area contributed by atoms with Gasteiger partial charge < -0.3 is 5.32 Å². The summed E-state index contributed by atoms with van der Waals surface area (Å²) in [5.74, 6) is -0.464. The largest absolute Gasteiger partial charge is 0.501 e. The lowest BCUT2D eigenvalue weighted by molar-refractivity contribution is -0.425. The molecule has 0 spiro atoms. The highest BCUT2D eigenvalue weighted by molar-refractivity contribution is 8.04. The molecule has 1 aromatic rings. The predicted molar refractivity (Wildman–Crippen MR) is 116 cm³/mol. The van der Waals surface area contributed by atoms with Crippen molar-refractivity contribution in [3.8, 4) is 0 Å². The number of hydrogen-bond acceptors (Lipinski definition) is 4. The van der Waals surface area contributed by atoms with Crippen molar-refractivity contribution in [1.82, 2.24) is 4.90 Å². The average molecular weight is 415 g/mol. The van der Waals surface area contributed by atoms with Crippen LogP contribution in [0.15, 0.2) is 35.7 Å². The van der Waals surface area contributed by atoms with Crippen molar-refractivity contribution in [2.24, 2.45) is 0 Å². The van der Waals surface area contributed by atoms with E-state index in [9.17, 15) is 14.4 Å². The van der Waals surface area contributed by atoms with E-state index in [1.54, 1.807) is 6.08 Å². The zero-order valence-electron chi connectivity index (χ0n) is 17.0. The molecule has 1 atom stereocenters. The number of nitrogens with one attached hydrogen (secondary N) is 1. The number of anilines is 1. The van der Waals surface area contributed by atoms with E-state index in [1.807, 2.05) is 36.6 Å².